The molecule has 8 nitrogen and oxygen atoms in total. The van der Waals surface area contributed by atoms with Crippen LogP contribution in [0.15, 0.2) is 94.4 Å². The Kier molecular flexibility index (Phi) is 11.0. The summed E-state index contributed by atoms with van der Waals surface area (Å²) in [7, 11) is -8.69. The van der Waals surface area contributed by atoms with E-state index in [-0.39, 0.29) is 42.4 Å². The zero-order valence-corrected chi connectivity index (χ0v) is 30.8. The number of hydrogen-bond acceptors (Lipinski definition) is 9. The Morgan fingerprint density at radius 1 is 0.848 bits per heavy atom. The molecule has 0 atom stereocenters. The summed E-state index contributed by atoms with van der Waals surface area (Å²) in [6, 6.07) is 24.4. The average molecular weight is 703 g/mol. The van der Waals surface area contributed by atoms with Gasteiger partial charge in [-0.3, -0.25) is 0 Å². The van der Waals surface area contributed by atoms with Crippen molar-refractivity contribution in [3.8, 4) is 0 Å². The van der Waals surface area contributed by atoms with E-state index < -0.39 is 31.7 Å². The van der Waals surface area contributed by atoms with Crippen molar-refractivity contribution in [2.24, 2.45) is 0 Å². The van der Waals surface area contributed by atoms with E-state index in [0.29, 0.717) is 19.5 Å². The van der Waals surface area contributed by atoms with Gasteiger partial charge in [-0.2, -0.15) is 4.57 Å². The minimum Gasteiger partial charge on any atom is -0.748 e. The van der Waals surface area contributed by atoms with Gasteiger partial charge >= 0.3 is 29.6 Å². The maximum absolute atomic E-state index is 11.4. The first-order valence-corrected chi connectivity index (χ1v) is 19.4. The number of aromatic nitrogens is 1. The molecule has 0 saturated carbocycles. The number of thioether (sulfide) groups is 1. The molecule has 46 heavy (non-hydrogen) atoms. The van der Waals surface area contributed by atoms with Gasteiger partial charge in [0.1, 0.15) is 4.70 Å². The van der Waals surface area contributed by atoms with Crippen molar-refractivity contribution in [1.29, 1.82) is 0 Å². The van der Waals surface area contributed by atoms with Crippen molar-refractivity contribution in [3.63, 3.8) is 0 Å². The molecule has 0 amide bonds. The normalized spacial score (nSPS) is 14.8. The third kappa shape index (κ3) is 7.88. The summed E-state index contributed by atoms with van der Waals surface area (Å²) < 4.78 is 71.8. The predicted molar refractivity (Wildman–Crippen MR) is 181 cm³/mol. The quantitative estimate of drug-likeness (QED) is 0.116. The van der Waals surface area contributed by atoms with Crippen LogP contribution >= 0.6 is 23.1 Å². The molecule has 1 aliphatic rings. The second-order valence-corrected chi connectivity index (χ2v) is 16.1. The Balaban J connectivity index is 0.00000417. The van der Waals surface area contributed by atoms with E-state index in [1.807, 2.05) is 36.4 Å². The third-order valence-electron chi connectivity index (χ3n) is 7.81. The van der Waals surface area contributed by atoms with Crippen molar-refractivity contribution in [1.82, 2.24) is 0 Å². The van der Waals surface area contributed by atoms with Gasteiger partial charge in [0.05, 0.1) is 36.3 Å². The number of aryl methyl sites for hydroxylation is 1. The molecule has 234 valence electrons. The molecular weight excluding hydrogens is 672 g/mol. The summed E-state index contributed by atoms with van der Waals surface area (Å²) >= 11 is 3.23. The van der Waals surface area contributed by atoms with Crippen molar-refractivity contribution < 1.29 is 60.1 Å². The van der Waals surface area contributed by atoms with Crippen molar-refractivity contribution in [2.45, 2.75) is 37.6 Å². The molecule has 4 aromatic carbocycles. The van der Waals surface area contributed by atoms with Gasteiger partial charge in [0, 0.05) is 40.8 Å². The van der Waals surface area contributed by atoms with Crippen molar-refractivity contribution >= 4 is 86.9 Å². The van der Waals surface area contributed by atoms with Gasteiger partial charge in [-0.25, -0.2) is 16.8 Å². The number of hydrogen-bond donors (Lipinski definition) is 0. The van der Waals surface area contributed by atoms with Gasteiger partial charge in [0.25, 0.3) is 5.01 Å². The number of fused-ring (bicyclic) bond motifs is 6. The standard InChI is InChI=1S/C33H32N2O6S4.Na/c1-2-23(21-30-34(17-7-19-44(36,37)38)32-26-11-5-3-9-24(26)13-15-28(32)42-30)22-31-35(18-8-20-45(39,40)41)33-27-12-6-4-10-25(27)14-16-29(33)43-31;/h3-6,9-16,21-22H,2,7-8,17-20H2,1H3,(H-,36,37,38,39,40,41);/q;+1/p-1. The number of allylic oxidation sites excluding steroid dienone is 2. The van der Waals surface area contributed by atoms with Gasteiger partial charge in [-0.05, 0) is 53.5 Å². The van der Waals surface area contributed by atoms with Crippen LogP contribution in [0.5, 0.6) is 0 Å². The van der Waals surface area contributed by atoms with Crippen LogP contribution in [0.2, 0.25) is 0 Å². The number of benzene rings is 4. The Bertz CT molecular complexity index is 2210. The zero-order chi connectivity index (χ0) is 31.8. The van der Waals surface area contributed by atoms with Crippen LogP contribution in [-0.4, -0.2) is 44.0 Å². The summed E-state index contributed by atoms with van der Waals surface area (Å²) in [6.07, 6.45) is 5.32. The molecule has 1 aromatic heterocycles. The van der Waals surface area contributed by atoms with E-state index in [4.69, 9.17) is 0 Å². The second kappa shape index (κ2) is 14.5. The summed E-state index contributed by atoms with van der Waals surface area (Å²) in [5.41, 5.74) is 3.03. The molecule has 1 aliphatic heterocycles. The molecule has 0 fully saturated rings. The molecule has 0 N–H and O–H groups in total. The predicted octanol–water partition coefficient (Wildman–Crippen LogP) is 3.62. The molecule has 5 aromatic rings. The molecule has 0 unspecified atom stereocenters. The van der Waals surface area contributed by atoms with E-state index in [1.54, 1.807) is 23.1 Å². The largest absolute Gasteiger partial charge is 1.00 e. The SMILES string of the molecule is CCC(/C=C1\Sc2ccc3ccccc3c2N1CCCS(=O)(=O)[O-])=C\c1sc2ccc3ccccc3c2[n+]1CCCS(=O)(=O)[O-].[Na+]. The first-order valence-electron chi connectivity index (χ1n) is 14.6. The number of anilines is 1. The van der Waals surface area contributed by atoms with Gasteiger partial charge in [-0.15, -0.1) is 0 Å². The fourth-order valence-electron chi connectivity index (χ4n) is 5.77. The zero-order valence-electron chi connectivity index (χ0n) is 25.5. The van der Waals surface area contributed by atoms with E-state index >= 15 is 0 Å². The summed E-state index contributed by atoms with van der Waals surface area (Å²) in [5, 5.41) is 6.14. The third-order valence-corrected chi connectivity index (χ3v) is 11.6. The molecule has 13 heteroatoms. The van der Waals surface area contributed by atoms with Crippen LogP contribution in [0.4, 0.5) is 5.69 Å². The van der Waals surface area contributed by atoms with Crippen LogP contribution in [0.25, 0.3) is 37.8 Å². The van der Waals surface area contributed by atoms with Crippen molar-refractivity contribution in [2.75, 3.05) is 23.0 Å². The molecule has 0 aliphatic carbocycles. The molecule has 0 bridgehead atoms. The van der Waals surface area contributed by atoms with Crippen LogP contribution < -0.4 is 39.0 Å². The van der Waals surface area contributed by atoms with E-state index in [0.717, 1.165) is 58.0 Å². The minimum atomic E-state index is -4.34. The van der Waals surface area contributed by atoms with Crippen LogP contribution in [0, 0.1) is 0 Å². The fraction of sp³-hybridized carbons (Fsp3) is 0.242. The molecule has 2 heterocycles. The van der Waals surface area contributed by atoms with Crippen molar-refractivity contribution in [3.05, 3.63) is 94.5 Å². The van der Waals surface area contributed by atoms with Gasteiger partial charge in [0.15, 0.2) is 6.54 Å². The van der Waals surface area contributed by atoms with E-state index in [2.05, 4.69) is 64.9 Å². The van der Waals surface area contributed by atoms with Gasteiger partial charge < -0.3 is 14.0 Å². The average Bonchev–Trinajstić information content (AvgIpc) is 3.53. The molecular formula is C33H31N2NaO6S4. The first-order chi connectivity index (χ1) is 21.5. The molecule has 0 spiro atoms. The van der Waals surface area contributed by atoms with E-state index in [9.17, 15) is 25.9 Å². The maximum atomic E-state index is 11.4. The van der Waals surface area contributed by atoms with Crippen LogP contribution in [-0.2, 0) is 26.8 Å². The Morgan fingerprint density at radius 3 is 2.17 bits per heavy atom. The topological polar surface area (TPSA) is 122 Å². The summed E-state index contributed by atoms with van der Waals surface area (Å²) in [6.45, 7) is 2.81. The van der Waals surface area contributed by atoms with Gasteiger partial charge in [-0.1, -0.05) is 84.6 Å². The van der Waals surface area contributed by atoms with E-state index in [1.165, 1.54) is 0 Å². The first kappa shape index (κ1) is 35.1. The number of thiazole rings is 1. The molecule has 6 rings (SSSR count). The maximum Gasteiger partial charge on any atom is 1.00 e. The minimum absolute atomic E-state index is 0. The molecule has 0 saturated heterocycles. The Labute approximate surface area is 299 Å². The molecule has 0 radical (unpaired) electrons. The fourth-order valence-corrected chi connectivity index (χ4v) is 9.10. The number of rotatable bonds is 11. The smallest absolute Gasteiger partial charge is 0.748 e. The van der Waals surface area contributed by atoms with Gasteiger partial charge in [0.2, 0.25) is 5.52 Å². The second-order valence-electron chi connectivity index (χ2n) is 10.9. The Hall–Kier alpha value is -2.26. The van der Waals surface area contributed by atoms with Crippen LogP contribution in [0.3, 0.4) is 0 Å². The Morgan fingerprint density at radius 2 is 1.48 bits per heavy atom. The number of nitrogens with zero attached hydrogens (tertiary/aromatic N) is 2. The monoisotopic (exact) mass is 702 g/mol. The summed E-state index contributed by atoms with van der Waals surface area (Å²) in [4.78, 5) is 3.17. The summed E-state index contributed by atoms with van der Waals surface area (Å²) in [5.74, 6) is -0.875. The van der Waals surface area contributed by atoms with Crippen LogP contribution in [0.1, 0.15) is 31.2 Å².